The van der Waals surface area contributed by atoms with Gasteiger partial charge in [-0.2, -0.15) is 0 Å². The van der Waals surface area contributed by atoms with Gasteiger partial charge < -0.3 is 10.2 Å². The van der Waals surface area contributed by atoms with Crippen molar-refractivity contribution in [3.63, 3.8) is 0 Å². The van der Waals surface area contributed by atoms with Gasteiger partial charge in [0.25, 0.3) is 0 Å². The minimum absolute atomic E-state index is 0.314. The molecule has 0 radical (unpaired) electrons. The number of nitrogens with zero attached hydrogens (tertiary/aromatic N) is 1. The highest BCUT2D eigenvalue weighted by molar-refractivity contribution is 5.68. The fraction of sp³-hybridized carbons (Fsp3) is 0.478. The average molecular weight is 339 g/mol. The average Bonchev–Trinajstić information content (AvgIpc) is 2.57. The van der Waals surface area contributed by atoms with Gasteiger partial charge in [0.05, 0.1) is 0 Å². The van der Waals surface area contributed by atoms with Crippen LogP contribution in [0, 0.1) is 6.92 Å². The van der Waals surface area contributed by atoms with E-state index in [1.54, 1.807) is 0 Å². The molecule has 2 heteroatoms. The normalized spacial score (nSPS) is 17.5. The molecule has 1 aromatic carbocycles. The van der Waals surface area contributed by atoms with E-state index in [-0.39, 0.29) is 0 Å². The highest BCUT2D eigenvalue weighted by Crippen LogP contribution is 2.29. The first-order chi connectivity index (χ1) is 12.0. The summed E-state index contributed by atoms with van der Waals surface area (Å²) in [5, 5.41) is 3.60. The van der Waals surface area contributed by atoms with Crippen LogP contribution < -0.4 is 10.2 Å². The van der Waals surface area contributed by atoms with E-state index in [2.05, 4.69) is 68.9 Å². The predicted molar refractivity (Wildman–Crippen MR) is 112 cm³/mol. The van der Waals surface area contributed by atoms with Gasteiger partial charge in [-0.15, -0.1) is 0 Å². The standard InChI is InChI=1S/C23H34N2/c1-7-13-25(14-8-2)21-10-11-22(18(4)16-21)20(6)24-23-12-9-17(3)15-19(23)5/h10-11,16,23-24H,3,5-9,12-15H2,1-2,4H3. The molecule has 1 N–H and O–H groups in total. The zero-order valence-electron chi connectivity index (χ0n) is 16.3. The lowest BCUT2D eigenvalue weighted by molar-refractivity contribution is 0.567. The van der Waals surface area contributed by atoms with Crippen molar-refractivity contribution in [2.24, 2.45) is 0 Å². The first-order valence-electron chi connectivity index (χ1n) is 9.62. The van der Waals surface area contributed by atoms with Crippen molar-refractivity contribution in [2.75, 3.05) is 18.0 Å². The Morgan fingerprint density at radius 2 is 1.88 bits per heavy atom. The largest absolute Gasteiger partial charge is 0.379 e. The van der Waals surface area contributed by atoms with Crippen molar-refractivity contribution in [3.8, 4) is 0 Å². The van der Waals surface area contributed by atoms with E-state index in [1.165, 1.54) is 40.8 Å². The number of allylic oxidation sites excluding steroid dienone is 1. The molecule has 2 nitrogen and oxygen atoms in total. The summed E-state index contributed by atoms with van der Waals surface area (Å²) in [6.07, 6.45) is 5.42. The molecular weight excluding hydrogens is 304 g/mol. The van der Waals surface area contributed by atoms with E-state index in [4.69, 9.17) is 0 Å². The molecule has 0 spiro atoms. The zero-order valence-corrected chi connectivity index (χ0v) is 16.3. The highest BCUT2D eigenvalue weighted by Gasteiger charge is 2.20. The first kappa shape index (κ1) is 19.4. The van der Waals surface area contributed by atoms with Crippen LogP contribution in [-0.2, 0) is 0 Å². The molecule has 1 aromatic rings. The SMILES string of the molecule is C=C1CCC(NC(=C)c2ccc(N(CCC)CCC)cc2C)C(=C)C1. The van der Waals surface area contributed by atoms with E-state index in [0.29, 0.717) is 6.04 Å². The van der Waals surface area contributed by atoms with Crippen LogP contribution in [0.5, 0.6) is 0 Å². The van der Waals surface area contributed by atoms with Gasteiger partial charge in [-0.3, -0.25) is 0 Å². The molecule has 1 atom stereocenters. The van der Waals surface area contributed by atoms with Crippen molar-refractivity contribution < 1.29 is 0 Å². The molecule has 1 saturated carbocycles. The van der Waals surface area contributed by atoms with Gasteiger partial charge in [0.1, 0.15) is 0 Å². The van der Waals surface area contributed by atoms with Gasteiger partial charge in [0, 0.05) is 36.1 Å². The maximum atomic E-state index is 4.29. The lowest BCUT2D eigenvalue weighted by atomic mass is 9.87. The molecule has 0 aliphatic heterocycles. The summed E-state index contributed by atoms with van der Waals surface area (Å²) < 4.78 is 0. The van der Waals surface area contributed by atoms with Crippen LogP contribution in [0.3, 0.4) is 0 Å². The number of hydrogen-bond donors (Lipinski definition) is 1. The summed E-state index contributed by atoms with van der Waals surface area (Å²) >= 11 is 0. The quantitative estimate of drug-likeness (QED) is 0.598. The maximum Gasteiger partial charge on any atom is 0.0477 e. The van der Waals surface area contributed by atoms with Gasteiger partial charge in [-0.1, -0.05) is 50.8 Å². The van der Waals surface area contributed by atoms with Crippen LogP contribution in [0.1, 0.15) is 57.1 Å². The van der Waals surface area contributed by atoms with E-state index in [9.17, 15) is 0 Å². The molecule has 136 valence electrons. The van der Waals surface area contributed by atoms with Crippen LogP contribution in [-0.4, -0.2) is 19.1 Å². The second-order valence-electron chi connectivity index (χ2n) is 7.29. The summed E-state index contributed by atoms with van der Waals surface area (Å²) in [7, 11) is 0. The topological polar surface area (TPSA) is 15.3 Å². The van der Waals surface area contributed by atoms with Gasteiger partial charge in [0.2, 0.25) is 0 Å². The first-order valence-corrected chi connectivity index (χ1v) is 9.62. The van der Waals surface area contributed by atoms with Crippen LogP contribution >= 0.6 is 0 Å². The van der Waals surface area contributed by atoms with E-state index >= 15 is 0 Å². The lowest BCUT2D eigenvalue weighted by Crippen LogP contribution is -2.32. The molecule has 0 bridgehead atoms. The van der Waals surface area contributed by atoms with E-state index < -0.39 is 0 Å². The fourth-order valence-electron chi connectivity index (χ4n) is 3.64. The number of nitrogens with one attached hydrogen (secondary N) is 1. The molecule has 0 saturated heterocycles. The minimum atomic E-state index is 0.314. The number of anilines is 1. The summed E-state index contributed by atoms with van der Waals surface area (Å²) in [5.74, 6) is 0. The van der Waals surface area contributed by atoms with Crippen molar-refractivity contribution in [1.29, 1.82) is 0 Å². The van der Waals surface area contributed by atoms with Crippen molar-refractivity contribution in [2.45, 2.75) is 58.9 Å². The Morgan fingerprint density at radius 3 is 2.44 bits per heavy atom. The van der Waals surface area contributed by atoms with Crippen LogP contribution in [0.25, 0.3) is 5.70 Å². The lowest BCUT2D eigenvalue weighted by Gasteiger charge is -2.29. The zero-order chi connectivity index (χ0) is 18.4. The van der Waals surface area contributed by atoms with Gasteiger partial charge in [-0.05, 0) is 56.7 Å². The Balaban J connectivity index is 2.10. The van der Waals surface area contributed by atoms with Crippen LogP contribution in [0.15, 0.2) is 49.1 Å². The molecule has 25 heavy (non-hydrogen) atoms. The maximum absolute atomic E-state index is 4.29. The summed E-state index contributed by atoms with van der Waals surface area (Å²) in [6.45, 7) is 21.5. The molecule has 1 aliphatic carbocycles. The second kappa shape index (κ2) is 8.94. The smallest absolute Gasteiger partial charge is 0.0477 e. The van der Waals surface area contributed by atoms with Crippen LogP contribution in [0.4, 0.5) is 5.69 Å². The number of benzene rings is 1. The number of hydrogen-bond acceptors (Lipinski definition) is 2. The second-order valence-corrected chi connectivity index (χ2v) is 7.29. The fourth-order valence-corrected chi connectivity index (χ4v) is 3.64. The molecule has 1 fully saturated rings. The van der Waals surface area contributed by atoms with Gasteiger partial charge >= 0.3 is 0 Å². The number of rotatable bonds is 8. The Kier molecular flexibility index (Phi) is 6.92. The Bertz CT molecular complexity index is 635. The Hall–Kier alpha value is -1.96. The van der Waals surface area contributed by atoms with Gasteiger partial charge in [-0.25, -0.2) is 0 Å². The minimum Gasteiger partial charge on any atom is -0.379 e. The molecule has 0 amide bonds. The summed E-state index contributed by atoms with van der Waals surface area (Å²) in [5.41, 5.74) is 7.31. The summed E-state index contributed by atoms with van der Waals surface area (Å²) in [6, 6.07) is 7.06. The summed E-state index contributed by atoms with van der Waals surface area (Å²) in [4.78, 5) is 2.47. The van der Waals surface area contributed by atoms with Crippen molar-refractivity contribution >= 4 is 11.4 Å². The predicted octanol–water partition coefficient (Wildman–Crippen LogP) is 5.85. The molecule has 0 heterocycles. The Labute approximate surface area is 154 Å². The van der Waals surface area contributed by atoms with Crippen molar-refractivity contribution in [3.05, 3.63) is 60.2 Å². The van der Waals surface area contributed by atoms with Crippen LogP contribution in [0.2, 0.25) is 0 Å². The third-order valence-corrected chi connectivity index (χ3v) is 4.99. The molecular formula is C23H34N2. The molecule has 1 aliphatic rings. The molecule has 2 rings (SSSR count). The Morgan fingerprint density at radius 1 is 1.20 bits per heavy atom. The molecule has 1 unspecified atom stereocenters. The third kappa shape index (κ3) is 5.01. The van der Waals surface area contributed by atoms with Crippen molar-refractivity contribution in [1.82, 2.24) is 5.32 Å². The molecule has 0 aromatic heterocycles. The highest BCUT2D eigenvalue weighted by atomic mass is 15.1. The monoisotopic (exact) mass is 338 g/mol. The van der Waals surface area contributed by atoms with E-state index in [0.717, 1.165) is 38.0 Å². The van der Waals surface area contributed by atoms with Gasteiger partial charge in [0.15, 0.2) is 0 Å². The number of aryl methyl sites for hydroxylation is 1. The van der Waals surface area contributed by atoms with E-state index in [1.807, 2.05) is 0 Å². The third-order valence-electron chi connectivity index (χ3n) is 4.99.